The Morgan fingerprint density at radius 2 is 1.75 bits per heavy atom. The van der Waals surface area contributed by atoms with E-state index < -0.39 is 0 Å². The van der Waals surface area contributed by atoms with Gasteiger partial charge in [-0.3, -0.25) is 9.69 Å². The predicted molar refractivity (Wildman–Crippen MR) is 98.8 cm³/mol. The summed E-state index contributed by atoms with van der Waals surface area (Å²) in [6.45, 7) is 2.72. The van der Waals surface area contributed by atoms with Crippen LogP contribution in [0.3, 0.4) is 0 Å². The van der Waals surface area contributed by atoms with Crippen molar-refractivity contribution in [1.82, 2.24) is 10.2 Å². The quantitative estimate of drug-likeness (QED) is 0.845. The highest BCUT2D eigenvalue weighted by molar-refractivity contribution is 6.42. The second kappa shape index (κ2) is 8.02. The molecule has 0 radical (unpaired) electrons. The molecule has 0 bridgehead atoms. The van der Waals surface area contributed by atoms with E-state index in [-0.39, 0.29) is 11.9 Å². The van der Waals surface area contributed by atoms with Gasteiger partial charge in [0.15, 0.2) is 0 Å². The molecule has 5 heteroatoms. The molecule has 126 valence electrons. The molecule has 0 aromatic heterocycles. The molecule has 1 amide bonds. The number of likely N-dealkylation sites (tertiary alicyclic amines) is 1. The van der Waals surface area contributed by atoms with Gasteiger partial charge in [0.2, 0.25) is 0 Å². The monoisotopic (exact) mass is 362 g/mol. The van der Waals surface area contributed by atoms with E-state index in [1.807, 2.05) is 18.2 Å². The van der Waals surface area contributed by atoms with Crippen molar-refractivity contribution >= 4 is 29.1 Å². The Balaban J connectivity index is 1.71. The van der Waals surface area contributed by atoms with E-state index in [0.717, 1.165) is 13.1 Å². The van der Waals surface area contributed by atoms with Crippen molar-refractivity contribution in [3.63, 3.8) is 0 Å². The van der Waals surface area contributed by atoms with Crippen LogP contribution in [0, 0.1) is 0 Å². The van der Waals surface area contributed by atoms with E-state index in [9.17, 15) is 4.79 Å². The molecule has 1 saturated heterocycles. The van der Waals surface area contributed by atoms with E-state index in [2.05, 4.69) is 22.3 Å². The van der Waals surface area contributed by atoms with Crippen LogP contribution in [-0.4, -0.2) is 30.4 Å². The summed E-state index contributed by atoms with van der Waals surface area (Å²) < 4.78 is 0. The van der Waals surface area contributed by atoms with Gasteiger partial charge in [0, 0.05) is 12.1 Å². The van der Waals surface area contributed by atoms with Gasteiger partial charge in [-0.1, -0.05) is 53.5 Å². The lowest BCUT2D eigenvalue weighted by Gasteiger charge is -2.28. The summed E-state index contributed by atoms with van der Waals surface area (Å²) in [6.07, 6.45) is 2.42. The average Bonchev–Trinajstić information content (AvgIpc) is 3.12. The summed E-state index contributed by atoms with van der Waals surface area (Å²) in [5.41, 5.74) is 1.76. The minimum Gasteiger partial charge on any atom is -0.350 e. The van der Waals surface area contributed by atoms with Crippen molar-refractivity contribution in [2.45, 2.75) is 18.9 Å². The summed E-state index contributed by atoms with van der Waals surface area (Å²) in [5.74, 6) is -0.131. The van der Waals surface area contributed by atoms with Gasteiger partial charge in [-0.05, 0) is 49.7 Å². The van der Waals surface area contributed by atoms with Crippen LogP contribution in [0.4, 0.5) is 0 Å². The van der Waals surface area contributed by atoms with Gasteiger partial charge in [0.1, 0.15) is 0 Å². The smallest absolute Gasteiger partial charge is 0.251 e. The molecule has 2 aromatic carbocycles. The molecule has 2 aromatic rings. The molecule has 1 N–H and O–H groups in total. The van der Waals surface area contributed by atoms with Gasteiger partial charge in [-0.15, -0.1) is 0 Å². The normalized spacial score (nSPS) is 16.1. The maximum Gasteiger partial charge on any atom is 0.251 e. The molecule has 1 aliphatic heterocycles. The summed E-state index contributed by atoms with van der Waals surface area (Å²) in [7, 11) is 0. The molecule has 3 nitrogen and oxygen atoms in total. The Bertz CT molecular complexity index is 700. The third-order valence-corrected chi connectivity index (χ3v) is 5.14. The zero-order valence-electron chi connectivity index (χ0n) is 13.3. The molecule has 1 atom stereocenters. The third kappa shape index (κ3) is 4.10. The Hall–Kier alpha value is -1.55. The molecular weight excluding hydrogens is 343 g/mol. The van der Waals surface area contributed by atoms with Crippen LogP contribution in [0.1, 0.15) is 34.8 Å². The lowest BCUT2D eigenvalue weighted by Crippen LogP contribution is -2.36. The maximum atomic E-state index is 12.4. The Morgan fingerprint density at radius 1 is 1.04 bits per heavy atom. The zero-order valence-corrected chi connectivity index (χ0v) is 14.9. The second-order valence-corrected chi connectivity index (χ2v) is 6.82. The number of carbonyl (C=O) groups is 1. The fourth-order valence-corrected chi connectivity index (χ4v) is 3.41. The minimum absolute atomic E-state index is 0.131. The fourth-order valence-electron chi connectivity index (χ4n) is 3.12. The molecule has 0 aliphatic carbocycles. The molecule has 1 aliphatic rings. The van der Waals surface area contributed by atoms with Crippen LogP contribution in [0.15, 0.2) is 48.5 Å². The van der Waals surface area contributed by atoms with Crippen molar-refractivity contribution in [3.05, 3.63) is 69.7 Å². The molecule has 1 heterocycles. The van der Waals surface area contributed by atoms with Crippen molar-refractivity contribution < 1.29 is 4.79 Å². The van der Waals surface area contributed by atoms with Crippen LogP contribution in [0.25, 0.3) is 0 Å². The van der Waals surface area contributed by atoms with Crippen molar-refractivity contribution in [3.8, 4) is 0 Å². The van der Waals surface area contributed by atoms with Crippen LogP contribution in [0.5, 0.6) is 0 Å². The lowest BCUT2D eigenvalue weighted by atomic mass is 10.1. The predicted octanol–water partition coefficient (Wildman–Crippen LogP) is 4.56. The van der Waals surface area contributed by atoms with E-state index in [1.165, 1.54) is 18.4 Å². The van der Waals surface area contributed by atoms with Crippen molar-refractivity contribution in [2.75, 3.05) is 19.6 Å². The molecule has 24 heavy (non-hydrogen) atoms. The first-order valence-electron chi connectivity index (χ1n) is 8.17. The van der Waals surface area contributed by atoms with Crippen LogP contribution >= 0.6 is 23.2 Å². The van der Waals surface area contributed by atoms with Gasteiger partial charge in [0.25, 0.3) is 5.91 Å². The highest BCUT2D eigenvalue weighted by Gasteiger charge is 2.24. The second-order valence-electron chi connectivity index (χ2n) is 6.01. The lowest BCUT2D eigenvalue weighted by molar-refractivity contribution is 0.0938. The van der Waals surface area contributed by atoms with Crippen LogP contribution in [-0.2, 0) is 0 Å². The first-order valence-corrected chi connectivity index (χ1v) is 8.93. The first kappa shape index (κ1) is 17.3. The third-order valence-electron chi connectivity index (χ3n) is 4.40. The SMILES string of the molecule is O=C(NCC(c1ccccc1)N1CCCC1)c1ccc(Cl)c(Cl)c1. The number of hydrogen-bond donors (Lipinski definition) is 1. The molecule has 1 fully saturated rings. The van der Waals surface area contributed by atoms with E-state index in [1.54, 1.807) is 18.2 Å². The number of amides is 1. The van der Waals surface area contributed by atoms with Gasteiger partial charge >= 0.3 is 0 Å². The topological polar surface area (TPSA) is 32.3 Å². The van der Waals surface area contributed by atoms with Crippen molar-refractivity contribution in [2.24, 2.45) is 0 Å². The summed E-state index contributed by atoms with van der Waals surface area (Å²) in [6, 6.07) is 15.5. The average molecular weight is 363 g/mol. The van der Waals surface area contributed by atoms with Crippen LogP contribution < -0.4 is 5.32 Å². The van der Waals surface area contributed by atoms with Crippen molar-refractivity contribution in [1.29, 1.82) is 0 Å². The maximum absolute atomic E-state index is 12.4. The Labute approximate surface area is 152 Å². The molecule has 3 rings (SSSR count). The minimum atomic E-state index is -0.131. The largest absolute Gasteiger partial charge is 0.350 e. The summed E-state index contributed by atoms with van der Waals surface area (Å²) in [4.78, 5) is 14.9. The highest BCUT2D eigenvalue weighted by atomic mass is 35.5. The number of nitrogens with one attached hydrogen (secondary N) is 1. The van der Waals surface area contributed by atoms with E-state index in [4.69, 9.17) is 23.2 Å². The fraction of sp³-hybridized carbons (Fsp3) is 0.316. The molecule has 0 saturated carbocycles. The molecule has 0 spiro atoms. The first-order chi connectivity index (χ1) is 11.6. The number of carbonyl (C=O) groups excluding carboxylic acids is 1. The standard InChI is InChI=1S/C19H20Cl2N2O/c20-16-9-8-15(12-17(16)21)19(24)22-13-18(23-10-4-5-11-23)14-6-2-1-3-7-14/h1-3,6-9,12,18H,4-5,10-11,13H2,(H,22,24). The summed E-state index contributed by atoms with van der Waals surface area (Å²) in [5, 5.41) is 3.88. The Morgan fingerprint density at radius 3 is 2.42 bits per heavy atom. The molecule has 1 unspecified atom stereocenters. The number of hydrogen-bond acceptors (Lipinski definition) is 2. The van der Waals surface area contributed by atoms with Gasteiger partial charge in [-0.25, -0.2) is 0 Å². The van der Waals surface area contributed by atoms with Crippen LogP contribution in [0.2, 0.25) is 10.0 Å². The zero-order chi connectivity index (χ0) is 16.9. The summed E-state index contributed by atoms with van der Waals surface area (Å²) >= 11 is 11.9. The van der Waals surface area contributed by atoms with Gasteiger partial charge in [0.05, 0.1) is 16.1 Å². The number of rotatable bonds is 5. The number of halogens is 2. The Kier molecular flexibility index (Phi) is 5.77. The number of benzene rings is 2. The van der Waals surface area contributed by atoms with Gasteiger partial charge in [-0.2, -0.15) is 0 Å². The number of nitrogens with zero attached hydrogens (tertiary/aromatic N) is 1. The highest BCUT2D eigenvalue weighted by Crippen LogP contribution is 2.25. The van der Waals surface area contributed by atoms with Gasteiger partial charge < -0.3 is 5.32 Å². The van der Waals surface area contributed by atoms with E-state index >= 15 is 0 Å². The molecular formula is C19H20Cl2N2O. The van der Waals surface area contributed by atoms with E-state index in [0.29, 0.717) is 22.2 Å².